The van der Waals surface area contributed by atoms with E-state index in [1.54, 1.807) is 6.20 Å². The van der Waals surface area contributed by atoms with Crippen LogP contribution in [0.5, 0.6) is 0 Å². The number of aromatic nitrogens is 3. The molecule has 10 N–H and O–H groups in total. The number of hydrogen-bond donors (Lipinski definition) is 8. The lowest BCUT2D eigenvalue weighted by atomic mass is 10.1. The first kappa shape index (κ1) is 27.9. The van der Waals surface area contributed by atoms with Crippen LogP contribution < -0.4 is 27.4 Å². The van der Waals surface area contributed by atoms with Crippen molar-refractivity contribution in [3.05, 3.63) is 54.2 Å². The molecule has 2 heterocycles. The molecule has 0 aliphatic heterocycles. The molecule has 14 heteroatoms. The van der Waals surface area contributed by atoms with Gasteiger partial charge in [0.15, 0.2) is 0 Å². The maximum atomic E-state index is 12.8. The number of H-pyrrole nitrogens is 2. The highest BCUT2D eigenvalue weighted by Crippen LogP contribution is 2.18. The average molecular weight is 527 g/mol. The maximum absolute atomic E-state index is 12.8. The minimum Gasteiger partial charge on any atom is -0.480 e. The van der Waals surface area contributed by atoms with Crippen LogP contribution in [0.3, 0.4) is 0 Å². The van der Waals surface area contributed by atoms with Gasteiger partial charge in [-0.05, 0) is 24.5 Å². The van der Waals surface area contributed by atoms with Gasteiger partial charge in [-0.2, -0.15) is 0 Å². The van der Waals surface area contributed by atoms with E-state index >= 15 is 0 Å². The predicted molar refractivity (Wildman–Crippen MR) is 135 cm³/mol. The van der Waals surface area contributed by atoms with Crippen molar-refractivity contribution in [2.45, 2.75) is 43.8 Å². The lowest BCUT2D eigenvalue weighted by Gasteiger charge is -2.21. The number of benzene rings is 1. The summed E-state index contributed by atoms with van der Waals surface area (Å²) in [6.07, 6.45) is 4.29. The Morgan fingerprint density at radius 1 is 1.00 bits per heavy atom. The van der Waals surface area contributed by atoms with Crippen LogP contribution >= 0.6 is 0 Å². The van der Waals surface area contributed by atoms with Crippen molar-refractivity contribution in [1.82, 2.24) is 30.9 Å². The molecule has 0 aliphatic carbocycles. The molecule has 0 fully saturated rings. The number of para-hydroxylation sites is 1. The molecule has 3 unspecified atom stereocenters. The van der Waals surface area contributed by atoms with Crippen LogP contribution in [0.4, 0.5) is 0 Å². The molecule has 3 aromatic rings. The highest BCUT2D eigenvalue weighted by Gasteiger charge is 2.27. The van der Waals surface area contributed by atoms with Crippen molar-refractivity contribution in [3.8, 4) is 0 Å². The number of carbonyl (C=O) groups excluding carboxylic acids is 4. The molecular formula is C24H30N8O6. The fraction of sp³-hybridized carbons (Fsp3) is 0.333. The summed E-state index contributed by atoms with van der Waals surface area (Å²) in [7, 11) is 0. The van der Waals surface area contributed by atoms with E-state index in [0.717, 1.165) is 16.5 Å². The quantitative estimate of drug-likeness (QED) is 0.122. The van der Waals surface area contributed by atoms with Crippen LogP contribution in [0.2, 0.25) is 0 Å². The Hall–Kier alpha value is -4.72. The first-order valence-corrected chi connectivity index (χ1v) is 11.8. The molecule has 0 radical (unpaired) electrons. The minimum atomic E-state index is -1.32. The predicted octanol–water partition coefficient (Wildman–Crippen LogP) is -1.56. The number of aliphatic carboxylic acids is 1. The van der Waals surface area contributed by atoms with E-state index in [9.17, 15) is 29.1 Å². The van der Waals surface area contributed by atoms with Gasteiger partial charge in [0.1, 0.15) is 12.1 Å². The van der Waals surface area contributed by atoms with Crippen LogP contribution in [0.1, 0.15) is 24.1 Å². The summed E-state index contributed by atoms with van der Waals surface area (Å²) in [5.41, 5.74) is 13.4. The third-order valence-electron chi connectivity index (χ3n) is 5.80. The number of aromatic amines is 2. The van der Waals surface area contributed by atoms with E-state index in [2.05, 4.69) is 30.9 Å². The van der Waals surface area contributed by atoms with Gasteiger partial charge in [0, 0.05) is 41.8 Å². The number of nitrogens with zero attached hydrogens (tertiary/aromatic N) is 1. The standard InChI is InChI=1S/C24H30N8O6/c25-16(7-13-9-28-17-4-2-1-3-15(13)17)22(35)29-11-21(34)31-18(5-6-20(26)33)23(36)32-19(24(37)38)8-14-10-27-12-30-14/h1-4,9-10,12,16,18-19,28H,5-8,11,25H2,(H2,26,33)(H,27,30)(H,29,35)(H,31,34)(H,32,36)(H,37,38). The molecule has 14 nitrogen and oxygen atoms in total. The monoisotopic (exact) mass is 526 g/mol. The zero-order chi connectivity index (χ0) is 27.7. The smallest absolute Gasteiger partial charge is 0.326 e. The molecular weight excluding hydrogens is 496 g/mol. The third-order valence-corrected chi connectivity index (χ3v) is 5.80. The van der Waals surface area contributed by atoms with Gasteiger partial charge >= 0.3 is 5.97 Å². The number of fused-ring (bicyclic) bond motifs is 1. The largest absolute Gasteiger partial charge is 0.480 e. The highest BCUT2D eigenvalue weighted by molar-refractivity contribution is 5.93. The second kappa shape index (κ2) is 13.0. The second-order valence-electron chi connectivity index (χ2n) is 8.69. The molecule has 3 atom stereocenters. The molecule has 4 amide bonds. The van der Waals surface area contributed by atoms with Crippen molar-refractivity contribution in [3.63, 3.8) is 0 Å². The number of carboxylic acid groups (broad SMARTS) is 1. The van der Waals surface area contributed by atoms with Crippen LogP contribution in [0.25, 0.3) is 10.9 Å². The summed E-state index contributed by atoms with van der Waals surface area (Å²) < 4.78 is 0. The van der Waals surface area contributed by atoms with E-state index in [4.69, 9.17) is 11.5 Å². The lowest BCUT2D eigenvalue weighted by Crippen LogP contribution is -2.54. The molecule has 0 aliphatic rings. The zero-order valence-corrected chi connectivity index (χ0v) is 20.4. The Labute approximate surface area is 216 Å². The van der Waals surface area contributed by atoms with Crippen LogP contribution in [-0.2, 0) is 36.8 Å². The van der Waals surface area contributed by atoms with E-state index < -0.39 is 54.3 Å². The summed E-state index contributed by atoms with van der Waals surface area (Å²) in [5, 5.41) is 17.6. The summed E-state index contributed by atoms with van der Waals surface area (Å²) in [5.74, 6) is -4.14. The molecule has 0 bridgehead atoms. The summed E-state index contributed by atoms with van der Waals surface area (Å²) in [4.78, 5) is 70.3. The number of carboxylic acids is 1. The Balaban J connectivity index is 1.55. The van der Waals surface area contributed by atoms with Gasteiger partial charge in [0.05, 0.1) is 18.9 Å². The SMILES string of the molecule is NC(=O)CCC(NC(=O)CNC(=O)C(N)Cc1c[nH]c2ccccc12)C(=O)NC(Cc1cnc[nH]1)C(=O)O. The minimum absolute atomic E-state index is 0.0814. The molecule has 2 aromatic heterocycles. The second-order valence-corrected chi connectivity index (χ2v) is 8.69. The van der Waals surface area contributed by atoms with E-state index in [1.807, 2.05) is 24.3 Å². The number of nitrogens with one attached hydrogen (secondary N) is 5. The molecule has 0 saturated heterocycles. The molecule has 0 spiro atoms. The zero-order valence-electron chi connectivity index (χ0n) is 20.4. The normalized spacial score (nSPS) is 13.3. The third kappa shape index (κ3) is 7.89. The Morgan fingerprint density at radius 3 is 2.45 bits per heavy atom. The molecule has 0 saturated carbocycles. The van der Waals surface area contributed by atoms with Crippen LogP contribution in [-0.4, -0.2) is 74.3 Å². The maximum Gasteiger partial charge on any atom is 0.326 e. The Morgan fingerprint density at radius 2 is 1.76 bits per heavy atom. The van der Waals surface area contributed by atoms with Crippen molar-refractivity contribution in [2.24, 2.45) is 11.5 Å². The number of nitrogens with two attached hydrogens (primary N) is 2. The van der Waals surface area contributed by atoms with Gasteiger partial charge in [0.25, 0.3) is 0 Å². The van der Waals surface area contributed by atoms with E-state index in [1.165, 1.54) is 12.5 Å². The summed E-state index contributed by atoms with van der Waals surface area (Å²) in [6, 6.07) is 4.03. The van der Waals surface area contributed by atoms with Gasteiger partial charge in [-0.15, -0.1) is 0 Å². The molecule has 38 heavy (non-hydrogen) atoms. The van der Waals surface area contributed by atoms with Crippen LogP contribution in [0.15, 0.2) is 43.0 Å². The van der Waals surface area contributed by atoms with E-state index in [0.29, 0.717) is 5.69 Å². The van der Waals surface area contributed by atoms with Crippen molar-refractivity contribution in [2.75, 3.05) is 6.54 Å². The topological polar surface area (TPSA) is 238 Å². The number of amides is 4. The van der Waals surface area contributed by atoms with Gasteiger partial charge < -0.3 is 42.5 Å². The molecule has 1 aromatic carbocycles. The number of imidazole rings is 1. The van der Waals surface area contributed by atoms with Crippen molar-refractivity contribution in [1.29, 1.82) is 0 Å². The summed E-state index contributed by atoms with van der Waals surface area (Å²) >= 11 is 0. The lowest BCUT2D eigenvalue weighted by molar-refractivity contribution is -0.142. The van der Waals surface area contributed by atoms with Gasteiger partial charge in [-0.1, -0.05) is 18.2 Å². The molecule has 202 valence electrons. The Bertz CT molecular complexity index is 1290. The van der Waals surface area contributed by atoms with Crippen molar-refractivity contribution >= 4 is 40.5 Å². The number of rotatable bonds is 14. The first-order chi connectivity index (χ1) is 18.1. The number of hydrogen-bond acceptors (Lipinski definition) is 7. The highest BCUT2D eigenvalue weighted by atomic mass is 16.4. The Kier molecular flexibility index (Phi) is 9.54. The van der Waals surface area contributed by atoms with E-state index in [-0.39, 0.29) is 25.7 Å². The average Bonchev–Trinajstić information content (AvgIpc) is 3.54. The fourth-order valence-electron chi connectivity index (χ4n) is 3.82. The first-order valence-electron chi connectivity index (χ1n) is 11.8. The van der Waals surface area contributed by atoms with Crippen LogP contribution in [0, 0.1) is 0 Å². The molecule has 3 rings (SSSR count). The van der Waals surface area contributed by atoms with Gasteiger partial charge in [0.2, 0.25) is 23.6 Å². The summed E-state index contributed by atoms with van der Waals surface area (Å²) in [6.45, 7) is -0.489. The van der Waals surface area contributed by atoms with Gasteiger partial charge in [-0.3, -0.25) is 19.2 Å². The van der Waals surface area contributed by atoms with Gasteiger partial charge in [-0.25, -0.2) is 9.78 Å². The van der Waals surface area contributed by atoms with Crippen molar-refractivity contribution < 1.29 is 29.1 Å². The fourth-order valence-corrected chi connectivity index (χ4v) is 3.82. The number of primary amides is 1. The number of carbonyl (C=O) groups is 5.